The number of nitrogens with zero attached hydrogens (tertiary/aromatic N) is 1. The Morgan fingerprint density at radius 1 is 1.32 bits per heavy atom. The Labute approximate surface area is 123 Å². The van der Waals surface area contributed by atoms with Crippen molar-refractivity contribution in [3.05, 3.63) is 35.4 Å². The molecule has 0 aliphatic heterocycles. The molecule has 0 heterocycles. The second-order valence-corrected chi connectivity index (χ2v) is 5.27. The third kappa shape index (κ3) is 4.07. The Hall–Kier alpha value is -1.34. The highest BCUT2D eigenvalue weighted by Gasteiger charge is 2.25. The Balaban J connectivity index is 2.67. The van der Waals surface area contributed by atoms with Gasteiger partial charge in [0.05, 0.1) is 11.6 Å². The standard InChI is InChI=1S/C15H19BrN2O/c1-3-15(4-2,10-16)11-18-14(19)13-7-5-12(9-17)6-8-13/h5-8H,3-4,10-11H2,1-2H3,(H,18,19). The summed E-state index contributed by atoms with van der Waals surface area (Å²) in [6, 6.07) is 8.72. The molecule has 0 saturated carbocycles. The van der Waals surface area contributed by atoms with E-state index in [9.17, 15) is 4.79 Å². The fraction of sp³-hybridized carbons (Fsp3) is 0.467. The molecule has 0 bridgehead atoms. The SMILES string of the molecule is CCC(CC)(CBr)CNC(=O)c1ccc(C#N)cc1. The summed E-state index contributed by atoms with van der Waals surface area (Å²) in [5.41, 5.74) is 1.27. The normalized spacial score (nSPS) is 10.8. The van der Waals surface area contributed by atoms with Gasteiger partial charge in [-0.25, -0.2) is 0 Å². The topological polar surface area (TPSA) is 52.9 Å². The number of hydrogen-bond donors (Lipinski definition) is 1. The Kier molecular flexibility index (Phi) is 6.04. The van der Waals surface area contributed by atoms with Gasteiger partial charge in [-0.2, -0.15) is 5.26 Å². The van der Waals surface area contributed by atoms with Crippen LogP contribution in [0.3, 0.4) is 0 Å². The molecule has 4 heteroatoms. The van der Waals surface area contributed by atoms with Gasteiger partial charge in [0.15, 0.2) is 0 Å². The molecule has 0 aliphatic carbocycles. The van der Waals surface area contributed by atoms with Gasteiger partial charge in [0, 0.05) is 17.4 Å². The molecular formula is C15H19BrN2O. The molecule has 1 rings (SSSR count). The van der Waals surface area contributed by atoms with Crippen molar-refractivity contribution in [2.75, 3.05) is 11.9 Å². The Morgan fingerprint density at radius 2 is 1.89 bits per heavy atom. The molecular weight excluding hydrogens is 304 g/mol. The smallest absolute Gasteiger partial charge is 0.251 e. The molecule has 0 radical (unpaired) electrons. The predicted octanol–water partition coefficient (Wildman–Crippen LogP) is 3.49. The summed E-state index contributed by atoms with van der Waals surface area (Å²) in [5, 5.41) is 12.6. The Morgan fingerprint density at radius 3 is 2.32 bits per heavy atom. The van der Waals surface area contributed by atoms with E-state index in [0.717, 1.165) is 18.2 Å². The molecule has 0 saturated heterocycles. The van der Waals surface area contributed by atoms with Gasteiger partial charge in [0.1, 0.15) is 0 Å². The zero-order chi connectivity index (χ0) is 14.3. The number of amides is 1. The minimum absolute atomic E-state index is 0.0864. The van der Waals surface area contributed by atoms with Crippen LogP contribution < -0.4 is 5.32 Å². The van der Waals surface area contributed by atoms with Gasteiger partial charge in [-0.05, 0) is 42.5 Å². The van der Waals surface area contributed by atoms with Crippen LogP contribution in [0, 0.1) is 16.7 Å². The molecule has 1 aromatic carbocycles. The van der Waals surface area contributed by atoms with Gasteiger partial charge >= 0.3 is 0 Å². The van der Waals surface area contributed by atoms with Crippen molar-refractivity contribution in [1.29, 1.82) is 5.26 Å². The van der Waals surface area contributed by atoms with E-state index in [1.165, 1.54) is 0 Å². The zero-order valence-electron chi connectivity index (χ0n) is 11.4. The first-order valence-corrected chi connectivity index (χ1v) is 7.57. The molecule has 0 aliphatic rings. The van der Waals surface area contributed by atoms with E-state index in [0.29, 0.717) is 17.7 Å². The molecule has 0 atom stereocenters. The fourth-order valence-corrected chi connectivity index (χ4v) is 2.79. The van der Waals surface area contributed by atoms with Gasteiger partial charge < -0.3 is 5.32 Å². The summed E-state index contributed by atoms with van der Waals surface area (Å²) in [5.74, 6) is -0.0864. The van der Waals surface area contributed by atoms with Crippen molar-refractivity contribution in [3.8, 4) is 6.07 Å². The molecule has 0 fully saturated rings. The summed E-state index contributed by atoms with van der Waals surface area (Å²) < 4.78 is 0. The van der Waals surface area contributed by atoms with Crippen LogP contribution in [0.4, 0.5) is 0 Å². The molecule has 1 N–H and O–H groups in total. The lowest BCUT2D eigenvalue weighted by Gasteiger charge is -2.29. The second kappa shape index (κ2) is 7.30. The lowest BCUT2D eigenvalue weighted by molar-refractivity contribution is 0.0932. The first-order valence-electron chi connectivity index (χ1n) is 6.45. The van der Waals surface area contributed by atoms with Gasteiger partial charge in [-0.15, -0.1) is 0 Å². The van der Waals surface area contributed by atoms with Crippen LogP contribution in [-0.4, -0.2) is 17.8 Å². The lowest BCUT2D eigenvalue weighted by atomic mass is 9.84. The number of alkyl halides is 1. The van der Waals surface area contributed by atoms with E-state index < -0.39 is 0 Å². The minimum Gasteiger partial charge on any atom is -0.351 e. The number of carbonyl (C=O) groups is 1. The monoisotopic (exact) mass is 322 g/mol. The average Bonchev–Trinajstić information content (AvgIpc) is 2.49. The maximum Gasteiger partial charge on any atom is 0.251 e. The molecule has 1 amide bonds. The Bertz CT molecular complexity index is 450. The second-order valence-electron chi connectivity index (χ2n) is 4.71. The number of nitriles is 1. The lowest BCUT2D eigenvalue weighted by Crippen LogP contribution is -2.38. The summed E-state index contributed by atoms with van der Waals surface area (Å²) in [7, 11) is 0. The number of carbonyl (C=O) groups excluding carboxylic acids is 1. The summed E-state index contributed by atoms with van der Waals surface area (Å²) in [4.78, 5) is 12.0. The molecule has 0 aromatic heterocycles. The van der Waals surface area contributed by atoms with Crippen LogP contribution in [0.2, 0.25) is 0 Å². The van der Waals surface area contributed by atoms with E-state index in [1.807, 2.05) is 6.07 Å². The van der Waals surface area contributed by atoms with Crippen LogP contribution in [0.1, 0.15) is 42.6 Å². The van der Waals surface area contributed by atoms with Crippen molar-refractivity contribution >= 4 is 21.8 Å². The van der Waals surface area contributed by atoms with Crippen LogP contribution in [0.15, 0.2) is 24.3 Å². The highest BCUT2D eigenvalue weighted by atomic mass is 79.9. The zero-order valence-corrected chi connectivity index (χ0v) is 13.0. The van der Waals surface area contributed by atoms with Crippen molar-refractivity contribution in [3.63, 3.8) is 0 Å². The fourth-order valence-electron chi connectivity index (χ4n) is 1.80. The predicted molar refractivity (Wildman–Crippen MR) is 80.3 cm³/mol. The highest BCUT2D eigenvalue weighted by Crippen LogP contribution is 2.27. The number of hydrogen-bond acceptors (Lipinski definition) is 2. The minimum atomic E-state index is -0.0864. The summed E-state index contributed by atoms with van der Waals surface area (Å²) >= 11 is 3.53. The van der Waals surface area contributed by atoms with Gasteiger partial charge in [-0.1, -0.05) is 29.8 Å². The van der Waals surface area contributed by atoms with Crippen molar-refractivity contribution in [2.45, 2.75) is 26.7 Å². The third-order valence-electron chi connectivity index (χ3n) is 3.68. The van der Waals surface area contributed by atoms with E-state index >= 15 is 0 Å². The number of halogens is 1. The average molecular weight is 323 g/mol. The summed E-state index contributed by atoms with van der Waals surface area (Å²) in [6.45, 7) is 4.93. The molecule has 19 heavy (non-hydrogen) atoms. The van der Waals surface area contributed by atoms with Crippen LogP contribution in [0.25, 0.3) is 0 Å². The number of benzene rings is 1. The first kappa shape index (κ1) is 15.7. The van der Waals surface area contributed by atoms with E-state index in [1.54, 1.807) is 24.3 Å². The van der Waals surface area contributed by atoms with Crippen LogP contribution in [-0.2, 0) is 0 Å². The largest absolute Gasteiger partial charge is 0.351 e. The number of rotatable bonds is 6. The molecule has 0 spiro atoms. The molecule has 3 nitrogen and oxygen atoms in total. The maximum atomic E-state index is 12.0. The van der Waals surface area contributed by atoms with Gasteiger partial charge in [0.2, 0.25) is 0 Å². The van der Waals surface area contributed by atoms with Crippen molar-refractivity contribution in [2.24, 2.45) is 5.41 Å². The third-order valence-corrected chi connectivity index (χ3v) is 4.87. The molecule has 1 aromatic rings. The highest BCUT2D eigenvalue weighted by molar-refractivity contribution is 9.09. The first-order chi connectivity index (χ1) is 9.10. The maximum absolute atomic E-state index is 12.0. The van der Waals surface area contributed by atoms with Crippen LogP contribution >= 0.6 is 15.9 Å². The quantitative estimate of drug-likeness (QED) is 0.815. The molecule has 102 valence electrons. The van der Waals surface area contributed by atoms with Gasteiger partial charge in [-0.3, -0.25) is 4.79 Å². The van der Waals surface area contributed by atoms with E-state index in [-0.39, 0.29) is 11.3 Å². The number of nitrogens with one attached hydrogen (secondary N) is 1. The molecule has 0 unspecified atom stereocenters. The van der Waals surface area contributed by atoms with E-state index in [4.69, 9.17) is 5.26 Å². The van der Waals surface area contributed by atoms with Crippen molar-refractivity contribution in [1.82, 2.24) is 5.32 Å². The summed E-state index contributed by atoms with van der Waals surface area (Å²) in [6.07, 6.45) is 2.03. The van der Waals surface area contributed by atoms with Crippen LogP contribution in [0.5, 0.6) is 0 Å². The van der Waals surface area contributed by atoms with E-state index in [2.05, 4.69) is 35.1 Å². The van der Waals surface area contributed by atoms with Crippen molar-refractivity contribution < 1.29 is 4.79 Å². The van der Waals surface area contributed by atoms with Gasteiger partial charge in [0.25, 0.3) is 5.91 Å².